The lowest BCUT2D eigenvalue weighted by Crippen LogP contribution is -2.32. The van der Waals surface area contributed by atoms with E-state index in [0.717, 1.165) is 36.6 Å². The highest BCUT2D eigenvalue weighted by molar-refractivity contribution is 5.91. The summed E-state index contributed by atoms with van der Waals surface area (Å²) >= 11 is 0. The van der Waals surface area contributed by atoms with Crippen LogP contribution in [-0.4, -0.2) is 11.6 Å². The lowest BCUT2D eigenvalue weighted by atomic mass is 10.0. The summed E-state index contributed by atoms with van der Waals surface area (Å²) in [5, 5.41) is 0. The number of hydrogen-bond donors (Lipinski definition) is 0. The largest absolute Gasteiger partial charge is 0.474 e. The van der Waals surface area contributed by atoms with Crippen LogP contribution in [0.5, 0.6) is 11.5 Å². The second kappa shape index (κ2) is 9.41. The van der Waals surface area contributed by atoms with Gasteiger partial charge in [0.1, 0.15) is 11.5 Å². The molecule has 168 valence electrons. The molecule has 0 bridgehead atoms. The number of carbonyl (C=O) groups excluding carboxylic acids is 1. The Balaban J connectivity index is 1.67. The number of para-hydroxylation sites is 1. The molecule has 0 heterocycles. The maximum absolute atomic E-state index is 13.7. The Morgan fingerprint density at radius 3 is 2.15 bits per heavy atom. The number of carbonyl (C=O) groups is 1. The first-order valence-corrected chi connectivity index (χ1v) is 10.6. The van der Waals surface area contributed by atoms with Crippen LogP contribution >= 0.6 is 0 Å². The SMILES string of the molecule is O=C(Oc1ccccc1)c1ccc(C(F)(F)F)c(OC2(C#Cc3ccccc3)CCCC2)c1. The molecule has 1 fully saturated rings. The van der Waals surface area contributed by atoms with Crippen LogP contribution in [0.25, 0.3) is 0 Å². The minimum atomic E-state index is -4.65. The summed E-state index contributed by atoms with van der Waals surface area (Å²) in [5.74, 6) is 5.21. The van der Waals surface area contributed by atoms with Gasteiger partial charge in [-0.2, -0.15) is 13.2 Å². The minimum Gasteiger partial charge on any atom is -0.474 e. The molecule has 3 aromatic carbocycles. The molecule has 3 aromatic rings. The summed E-state index contributed by atoms with van der Waals surface area (Å²) in [6.45, 7) is 0. The van der Waals surface area contributed by atoms with Crippen molar-refractivity contribution in [1.29, 1.82) is 0 Å². The highest BCUT2D eigenvalue weighted by Crippen LogP contribution is 2.41. The van der Waals surface area contributed by atoms with E-state index in [4.69, 9.17) is 9.47 Å². The molecule has 3 nitrogen and oxygen atoms in total. The summed E-state index contributed by atoms with van der Waals surface area (Å²) in [4.78, 5) is 12.6. The number of esters is 1. The molecule has 0 atom stereocenters. The molecule has 33 heavy (non-hydrogen) atoms. The maximum Gasteiger partial charge on any atom is 0.419 e. The Hall–Kier alpha value is -3.72. The lowest BCUT2D eigenvalue weighted by molar-refractivity contribution is -0.139. The van der Waals surface area contributed by atoms with Crippen molar-refractivity contribution in [2.24, 2.45) is 0 Å². The third-order valence-electron chi connectivity index (χ3n) is 5.40. The van der Waals surface area contributed by atoms with Gasteiger partial charge in [0, 0.05) is 5.56 Å². The minimum absolute atomic E-state index is 0.0361. The second-order valence-corrected chi connectivity index (χ2v) is 7.83. The molecule has 0 aliphatic heterocycles. The fraction of sp³-hybridized carbons (Fsp3) is 0.222. The quantitative estimate of drug-likeness (QED) is 0.253. The second-order valence-electron chi connectivity index (χ2n) is 7.83. The molecule has 0 amide bonds. The van der Waals surface area contributed by atoms with Gasteiger partial charge in [-0.1, -0.05) is 48.2 Å². The Morgan fingerprint density at radius 2 is 1.52 bits per heavy atom. The van der Waals surface area contributed by atoms with Gasteiger partial charge in [0.05, 0.1) is 11.1 Å². The van der Waals surface area contributed by atoms with Crippen LogP contribution in [0.4, 0.5) is 13.2 Å². The highest BCUT2D eigenvalue weighted by atomic mass is 19.4. The Labute approximate surface area is 190 Å². The van der Waals surface area contributed by atoms with Crippen molar-refractivity contribution in [1.82, 2.24) is 0 Å². The molecule has 4 rings (SSSR count). The van der Waals surface area contributed by atoms with Crippen LogP contribution in [0.15, 0.2) is 78.9 Å². The monoisotopic (exact) mass is 450 g/mol. The van der Waals surface area contributed by atoms with Crippen LogP contribution in [-0.2, 0) is 6.18 Å². The molecule has 1 aliphatic carbocycles. The molecule has 0 saturated heterocycles. The van der Waals surface area contributed by atoms with E-state index in [2.05, 4.69) is 11.8 Å². The van der Waals surface area contributed by atoms with E-state index in [1.54, 1.807) is 30.3 Å². The zero-order valence-electron chi connectivity index (χ0n) is 17.7. The summed E-state index contributed by atoms with van der Waals surface area (Å²) in [6, 6.07) is 20.6. The van der Waals surface area contributed by atoms with E-state index in [1.165, 1.54) is 0 Å². The van der Waals surface area contributed by atoms with Gasteiger partial charge in [0.25, 0.3) is 0 Å². The number of halogens is 3. The Bertz CT molecular complexity index is 1170. The van der Waals surface area contributed by atoms with Crippen molar-refractivity contribution >= 4 is 5.97 Å². The molecule has 0 spiro atoms. The van der Waals surface area contributed by atoms with E-state index in [-0.39, 0.29) is 5.56 Å². The summed E-state index contributed by atoms with van der Waals surface area (Å²) < 4.78 is 52.5. The smallest absolute Gasteiger partial charge is 0.419 e. The maximum atomic E-state index is 13.7. The third kappa shape index (κ3) is 5.56. The van der Waals surface area contributed by atoms with Crippen LogP contribution in [0.2, 0.25) is 0 Å². The van der Waals surface area contributed by atoms with Crippen LogP contribution in [0, 0.1) is 11.8 Å². The number of rotatable bonds is 4. The molecule has 0 radical (unpaired) electrons. The molecule has 1 saturated carbocycles. The number of hydrogen-bond acceptors (Lipinski definition) is 3. The number of alkyl halides is 3. The van der Waals surface area contributed by atoms with E-state index in [1.807, 2.05) is 30.3 Å². The van der Waals surface area contributed by atoms with Crippen LogP contribution in [0.1, 0.15) is 47.2 Å². The molecule has 6 heteroatoms. The number of ether oxygens (including phenoxy) is 2. The summed E-state index contributed by atoms with van der Waals surface area (Å²) in [7, 11) is 0. The van der Waals surface area contributed by atoms with Crippen molar-refractivity contribution in [2.75, 3.05) is 0 Å². The first kappa shape index (κ1) is 22.5. The van der Waals surface area contributed by atoms with E-state index in [9.17, 15) is 18.0 Å². The highest BCUT2D eigenvalue weighted by Gasteiger charge is 2.40. The molecular weight excluding hydrogens is 429 g/mol. The van der Waals surface area contributed by atoms with E-state index in [0.29, 0.717) is 18.6 Å². The standard InChI is InChI=1S/C27H21F3O3/c28-27(29,30)23-14-13-21(25(31)32-22-11-5-2-6-12-22)19-24(23)33-26(16-7-8-17-26)18-15-20-9-3-1-4-10-20/h1-6,9-14,19H,7-8,16-17H2. The van der Waals surface area contributed by atoms with Gasteiger partial charge in [0.15, 0.2) is 5.60 Å². The van der Waals surface area contributed by atoms with Gasteiger partial charge in [-0.15, -0.1) is 0 Å². The topological polar surface area (TPSA) is 35.5 Å². The van der Waals surface area contributed by atoms with E-state index >= 15 is 0 Å². The number of benzene rings is 3. The van der Waals surface area contributed by atoms with Crippen LogP contribution in [0.3, 0.4) is 0 Å². The average molecular weight is 450 g/mol. The molecular formula is C27H21F3O3. The van der Waals surface area contributed by atoms with Gasteiger partial charge < -0.3 is 9.47 Å². The van der Waals surface area contributed by atoms with Gasteiger partial charge in [-0.3, -0.25) is 0 Å². The Kier molecular flexibility index (Phi) is 6.41. The van der Waals surface area contributed by atoms with Gasteiger partial charge in [-0.25, -0.2) is 4.79 Å². The fourth-order valence-corrected chi connectivity index (χ4v) is 3.74. The van der Waals surface area contributed by atoms with Crippen molar-refractivity contribution in [3.05, 3.63) is 95.6 Å². The third-order valence-corrected chi connectivity index (χ3v) is 5.40. The van der Waals surface area contributed by atoms with Crippen molar-refractivity contribution < 1.29 is 27.4 Å². The van der Waals surface area contributed by atoms with Crippen molar-refractivity contribution in [2.45, 2.75) is 37.5 Å². The Morgan fingerprint density at radius 1 is 0.879 bits per heavy atom. The normalized spacial score (nSPS) is 14.8. The zero-order chi connectivity index (χ0) is 23.3. The first-order chi connectivity index (χ1) is 15.8. The molecule has 0 unspecified atom stereocenters. The summed E-state index contributed by atoms with van der Waals surface area (Å²) in [5.41, 5.74) is -1.29. The average Bonchev–Trinajstić information content (AvgIpc) is 3.27. The lowest BCUT2D eigenvalue weighted by Gasteiger charge is -2.27. The van der Waals surface area contributed by atoms with Gasteiger partial charge in [0.2, 0.25) is 0 Å². The predicted molar refractivity (Wildman–Crippen MR) is 118 cm³/mol. The molecule has 0 N–H and O–H groups in total. The molecule has 1 aliphatic rings. The van der Waals surface area contributed by atoms with Crippen molar-refractivity contribution in [3.63, 3.8) is 0 Å². The zero-order valence-corrected chi connectivity index (χ0v) is 17.7. The van der Waals surface area contributed by atoms with Gasteiger partial charge in [-0.05, 0) is 68.1 Å². The van der Waals surface area contributed by atoms with Gasteiger partial charge >= 0.3 is 12.1 Å². The molecule has 0 aromatic heterocycles. The first-order valence-electron chi connectivity index (χ1n) is 10.6. The van der Waals surface area contributed by atoms with Crippen LogP contribution < -0.4 is 9.47 Å². The van der Waals surface area contributed by atoms with E-state index < -0.39 is 29.1 Å². The van der Waals surface area contributed by atoms with Crippen molar-refractivity contribution in [3.8, 4) is 23.3 Å². The predicted octanol–water partition coefficient (Wildman–Crippen LogP) is 6.67. The summed E-state index contributed by atoms with van der Waals surface area (Å²) in [6.07, 6.45) is -2.06. The fourth-order valence-electron chi connectivity index (χ4n) is 3.74.